The molecule has 0 bridgehead atoms. The van der Waals surface area contributed by atoms with Gasteiger partial charge in [0.05, 0.1) is 13.3 Å². The number of nitrogens with one attached hydrogen (secondary N) is 1. The third-order valence-corrected chi connectivity index (χ3v) is 3.98. The maximum atomic E-state index is 11.9. The summed E-state index contributed by atoms with van der Waals surface area (Å²) in [6, 6.07) is 24.4. The number of benzene rings is 3. The summed E-state index contributed by atoms with van der Waals surface area (Å²) < 4.78 is 16.4. The molecule has 0 saturated heterocycles. The Hall–Kier alpha value is -3.80. The summed E-state index contributed by atoms with van der Waals surface area (Å²) in [5, 5.41) is 3.99. The SMILES string of the molecule is COc1ccc(OCC(=O)N/N=C/c2ccccc2OCc2ccccc2)cc1. The van der Waals surface area contributed by atoms with Crippen molar-refractivity contribution in [3.8, 4) is 17.2 Å². The summed E-state index contributed by atoms with van der Waals surface area (Å²) in [7, 11) is 1.59. The van der Waals surface area contributed by atoms with Crippen molar-refractivity contribution >= 4 is 12.1 Å². The van der Waals surface area contributed by atoms with Gasteiger partial charge in [0, 0.05) is 5.56 Å². The van der Waals surface area contributed by atoms with E-state index in [2.05, 4.69) is 10.5 Å². The van der Waals surface area contributed by atoms with E-state index in [1.807, 2.05) is 54.6 Å². The zero-order valence-corrected chi connectivity index (χ0v) is 16.1. The summed E-state index contributed by atoms with van der Waals surface area (Å²) in [6.45, 7) is 0.309. The van der Waals surface area contributed by atoms with Crippen LogP contribution in [0.5, 0.6) is 17.2 Å². The van der Waals surface area contributed by atoms with Gasteiger partial charge in [-0.05, 0) is 42.0 Å². The second kappa shape index (κ2) is 10.5. The second-order valence-electron chi connectivity index (χ2n) is 6.07. The Morgan fingerprint density at radius 3 is 2.34 bits per heavy atom. The van der Waals surface area contributed by atoms with Crippen LogP contribution >= 0.6 is 0 Å². The lowest BCUT2D eigenvalue weighted by Gasteiger charge is -2.09. The van der Waals surface area contributed by atoms with E-state index in [4.69, 9.17) is 14.2 Å². The van der Waals surface area contributed by atoms with Crippen LogP contribution in [-0.2, 0) is 11.4 Å². The van der Waals surface area contributed by atoms with Crippen LogP contribution in [0, 0.1) is 0 Å². The molecule has 0 spiro atoms. The molecule has 0 fully saturated rings. The van der Waals surface area contributed by atoms with E-state index in [1.165, 1.54) is 0 Å². The Bertz CT molecular complexity index is 941. The molecule has 3 rings (SSSR count). The van der Waals surface area contributed by atoms with Gasteiger partial charge in [0.15, 0.2) is 6.61 Å². The summed E-state index contributed by atoms with van der Waals surface area (Å²) >= 11 is 0. The van der Waals surface area contributed by atoms with Crippen LogP contribution in [0.1, 0.15) is 11.1 Å². The molecule has 3 aromatic carbocycles. The van der Waals surface area contributed by atoms with Crippen molar-refractivity contribution in [3.05, 3.63) is 90.0 Å². The normalized spacial score (nSPS) is 10.5. The minimum Gasteiger partial charge on any atom is -0.497 e. The number of para-hydroxylation sites is 1. The van der Waals surface area contributed by atoms with Gasteiger partial charge in [-0.3, -0.25) is 4.79 Å². The van der Waals surface area contributed by atoms with Crippen LogP contribution in [0.25, 0.3) is 0 Å². The van der Waals surface area contributed by atoms with E-state index in [0.717, 1.165) is 16.9 Å². The molecule has 29 heavy (non-hydrogen) atoms. The molecule has 148 valence electrons. The fraction of sp³-hybridized carbons (Fsp3) is 0.130. The minimum absolute atomic E-state index is 0.143. The summed E-state index contributed by atoms with van der Waals surface area (Å²) in [5.41, 5.74) is 4.29. The van der Waals surface area contributed by atoms with Gasteiger partial charge in [-0.2, -0.15) is 5.10 Å². The quantitative estimate of drug-likeness (QED) is 0.446. The summed E-state index contributed by atoms with van der Waals surface area (Å²) in [6.07, 6.45) is 1.55. The van der Waals surface area contributed by atoms with Gasteiger partial charge in [0.1, 0.15) is 23.9 Å². The molecule has 6 nitrogen and oxygen atoms in total. The molecule has 0 saturated carbocycles. The topological polar surface area (TPSA) is 69.2 Å². The zero-order valence-electron chi connectivity index (χ0n) is 16.1. The molecule has 1 amide bonds. The fourth-order valence-corrected chi connectivity index (χ4v) is 2.48. The highest BCUT2D eigenvalue weighted by Crippen LogP contribution is 2.18. The Labute approximate surface area is 169 Å². The number of nitrogens with zero attached hydrogens (tertiary/aromatic N) is 1. The van der Waals surface area contributed by atoms with Crippen molar-refractivity contribution in [3.63, 3.8) is 0 Å². The molecule has 0 aliphatic heterocycles. The van der Waals surface area contributed by atoms with Crippen molar-refractivity contribution in [2.45, 2.75) is 6.61 Å². The van der Waals surface area contributed by atoms with Crippen LogP contribution in [-0.4, -0.2) is 25.8 Å². The van der Waals surface area contributed by atoms with Gasteiger partial charge >= 0.3 is 0 Å². The van der Waals surface area contributed by atoms with Crippen molar-refractivity contribution in [2.24, 2.45) is 5.10 Å². The first kappa shape index (κ1) is 19.9. The first-order chi connectivity index (χ1) is 14.2. The van der Waals surface area contributed by atoms with Crippen molar-refractivity contribution in [1.29, 1.82) is 0 Å². The van der Waals surface area contributed by atoms with Gasteiger partial charge in [-0.1, -0.05) is 42.5 Å². The maximum Gasteiger partial charge on any atom is 0.277 e. The molecule has 0 unspecified atom stereocenters. The maximum absolute atomic E-state index is 11.9. The number of hydrogen-bond acceptors (Lipinski definition) is 5. The van der Waals surface area contributed by atoms with Crippen LogP contribution in [0.4, 0.5) is 0 Å². The van der Waals surface area contributed by atoms with Crippen molar-refractivity contribution in [2.75, 3.05) is 13.7 Å². The Kier molecular flexibility index (Phi) is 7.23. The van der Waals surface area contributed by atoms with Crippen LogP contribution in [0.3, 0.4) is 0 Å². The van der Waals surface area contributed by atoms with Gasteiger partial charge in [-0.15, -0.1) is 0 Å². The van der Waals surface area contributed by atoms with Gasteiger partial charge in [-0.25, -0.2) is 5.43 Å². The highest BCUT2D eigenvalue weighted by molar-refractivity contribution is 5.85. The number of hydrogen-bond donors (Lipinski definition) is 1. The molecule has 0 radical (unpaired) electrons. The minimum atomic E-state index is -0.361. The molecule has 0 aliphatic carbocycles. The zero-order chi connectivity index (χ0) is 20.3. The van der Waals surface area contributed by atoms with Crippen molar-refractivity contribution in [1.82, 2.24) is 5.43 Å². The molecule has 6 heteroatoms. The lowest BCUT2D eigenvalue weighted by atomic mass is 10.2. The number of ether oxygens (including phenoxy) is 3. The Morgan fingerprint density at radius 1 is 0.897 bits per heavy atom. The Balaban J connectivity index is 1.49. The number of carbonyl (C=O) groups excluding carboxylic acids is 1. The number of rotatable bonds is 9. The fourth-order valence-electron chi connectivity index (χ4n) is 2.48. The van der Waals surface area contributed by atoms with Gasteiger partial charge in [0.25, 0.3) is 5.91 Å². The number of methoxy groups -OCH3 is 1. The van der Waals surface area contributed by atoms with Crippen LogP contribution in [0.15, 0.2) is 84.0 Å². The average molecular weight is 390 g/mol. The molecular formula is C23H22N2O4. The molecule has 0 atom stereocenters. The number of amides is 1. The van der Waals surface area contributed by atoms with E-state index in [0.29, 0.717) is 18.1 Å². The van der Waals surface area contributed by atoms with E-state index < -0.39 is 0 Å². The Morgan fingerprint density at radius 2 is 1.59 bits per heavy atom. The first-order valence-electron chi connectivity index (χ1n) is 9.09. The smallest absolute Gasteiger partial charge is 0.277 e. The van der Waals surface area contributed by atoms with Crippen LogP contribution < -0.4 is 19.6 Å². The molecule has 1 N–H and O–H groups in total. The number of hydrazone groups is 1. The van der Waals surface area contributed by atoms with Gasteiger partial charge in [0.2, 0.25) is 0 Å². The molecule has 0 heterocycles. The van der Waals surface area contributed by atoms with E-state index >= 15 is 0 Å². The molecular weight excluding hydrogens is 368 g/mol. The van der Waals surface area contributed by atoms with Crippen molar-refractivity contribution < 1.29 is 19.0 Å². The molecule has 0 aliphatic rings. The van der Waals surface area contributed by atoms with E-state index in [-0.39, 0.29) is 12.5 Å². The first-order valence-corrected chi connectivity index (χ1v) is 9.09. The monoisotopic (exact) mass is 390 g/mol. The third-order valence-electron chi connectivity index (χ3n) is 3.98. The lowest BCUT2D eigenvalue weighted by molar-refractivity contribution is -0.123. The second-order valence-corrected chi connectivity index (χ2v) is 6.07. The summed E-state index contributed by atoms with van der Waals surface area (Å²) in [5.74, 6) is 1.62. The number of carbonyl (C=O) groups is 1. The largest absolute Gasteiger partial charge is 0.497 e. The predicted molar refractivity (Wildman–Crippen MR) is 111 cm³/mol. The molecule has 3 aromatic rings. The van der Waals surface area contributed by atoms with E-state index in [1.54, 1.807) is 37.6 Å². The highest BCUT2D eigenvalue weighted by Gasteiger charge is 2.04. The average Bonchev–Trinajstić information content (AvgIpc) is 2.78. The lowest BCUT2D eigenvalue weighted by Crippen LogP contribution is -2.24. The van der Waals surface area contributed by atoms with Crippen LogP contribution in [0.2, 0.25) is 0 Å². The third kappa shape index (κ3) is 6.39. The highest BCUT2D eigenvalue weighted by atomic mass is 16.5. The standard InChI is InChI=1S/C23H22N2O4/c1-27-20-11-13-21(14-12-20)28-17-23(26)25-24-15-19-9-5-6-10-22(19)29-16-18-7-3-2-4-8-18/h2-15H,16-17H2,1H3,(H,25,26)/b24-15+. The van der Waals surface area contributed by atoms with E-state index in [9.17, 15) is 4.79 Å². The van der Waals surface area contributed by atoms with Gasteiger partial charge < -0.3 is 14.2 Å². The molecule has 0 aromatic heterocycles. The summed E-state index contributed by atoms with van der Waals surface area (Å²) in [4.78, 5) is 11.9. The predicted octanol–water partition coefficient (Wildman–Crippen LogP) is 3.80.